The lowest BCUT2D eigenvalue weighted by Crippen LogP contribution is -1.84. The van der Waals surface area contributed by atoms with Gasteiger partial charge in [0.05, 0.1) is 6.26 Å². The van der Waals surface area contributed by atoms with Gasteiger partial charge in [-0.25, -0.2) is 0 Å². The minimum atomic E-state index is 0.616. The first-order valence-electron chi connectivity index (χ1n) is 4.66. The molecule has 0 spiro atoms. The summed E-state index contributed by atoms with van der Waals surface area (Å²) in [5, 5.41) is 0. The molecule has 0 radical (unpaired) electrons. The molecule has 0 N–H and O–H groups in total. The van der Waals surface area contributed by atoms with E-state index >= 15 is 0 Å². The van der Waals surface area contributed by atoms with Crippen LogP contribution < -0.4 is 0 Å². The maximum Gasteiger partial charge on any atom is 0.150 e. The third kappa shape index (κ3) is 2.23. The minimum absolute atomic E-state index is 0.616. The van der Waals surface area contributed by atoms with Gasteiger partial charge in [-0.3, -0.25) is 4.79 Å². The van der Waals surface area contributed by atoms with Crippen LogP contribution in [0.5, 0.6) is 0 Å². The highest BCUT2D eigenvalue weighted by atomic mass is 16.3. The van der Waals surface area contributed by atoms with Crippen molar-refractivity contribution in [1.29, 1.82) is 0 Å². The van der Waals surface area contributed by atoms with Crippen LogP contribution in [0.25, 0.3) is 11.6 Å². The molecule has 0 fully saturated rings. The molecule has 1 aromatic carbocycles. The van der Waals surface area contributed by atoms with Crippen LogP contribution >= 0.6 is 0 Å². The summed E-state index contributed by atoms with van der Waals surface area (Å²) in [5.74, 6) is 0.681. The van der Waals surface area contributed by atoms with Gasteiger partial charge in [0.2, 0.25) is 0 Å². The molecule has 0 bridgehead atoms. The van der Waals surface area contributed by atoms with Crippen molar-refractivity contribution >= 4 is 17.9 Å². The fraction of sp³-hybridized carbons (Fsp3) is 0. The van der Waals surface area contributed by atoms with Crippen LogP contribution in [0.15, 0.2) is 53.1 Å². The second-order valence-electron chi connectivity index (χ2n) is 3.10. The van der Waals surface area contributed by atoms with Gasteiger partial charge in [0.1, 0.15) is 5.76 Å². The number of furan rings is 1. The molecule has 74 valence electrons. The average molecular weight is 198 g/mol. The maximum atomic E-state index is 10.9. The Bertz CT molecular complexity index is 453. The second kappa shape index (κ2) is 4.42. The number of carbonyl (C=O) groups is 1. The fourth-order valence-corrected chi connectivity index (χ4v) is 1.34. The van der Waals surface area contributed by atoms with E-state index in [-0.39, 0.29) is 0 Å². The maximum absolute atomic E-state index is 10.9. The summed E-state index contributed by atoms with van der Waals surface area (Å²) in [5.41, 5.74) is 1.51. The Kier molecular flexibility index (Phi) is 2.79. The van der Waals surface area contributed by atoms with E-state index in [0.29, 0.717) is 11.3 Å². The van der Waals surface area contributed by atoms with Crippen LogP contribution in [0, 0.1) is 0 Å². The Labute approximate surface area is 87.8 Å². The van der Waals surface area contributed by atoms with Crippen molar-refractivity contribution in [3.8, 4) is 0 Å². The Morgan fingerprint density at radius 1 is 1.07 bits per heavy atom. The number of carbonyl (C=O) groups excluding carboxylic acids is 1. The molecule has 0 saturated carbocycles. The van der Waals surface area contributed by atoms with E-state index in [1.165, 1.54) is 0 Å². The largest absolute Gasteiger partial charge is 0.465 e. The summed E-state index contributed by atoms with van der Waals surface area (Å²) >= 11 is 0. The predicted octanol–water partition coefficient (Wildman–Crippen LogP) is 3.02. The molecule has 0 aliphatic heterocycles. The molecular formula is C13H10O2. The molecule has 2 aromatic rings. The van der Waals surface area contributed by atoms with Gasteiger partial charge in [0.25, 0.3) is 0 Å². The molecule has 2 heteroatoms. The minimum Gasteiger partial charge on any atom is -0.465 e. The van der Waals surface area contributed by atoms with Crippen molar-refractivity contribution < 1.29 is 9.21 Å². The molecule has 1 aromatic heterocycles. The van der Waals surface area contributed by atoms with Gasteiger partial charge in [-0.05, 0) is 23.8 Å². The molecule has 0 aliphatic rings. The first-order valence-corrected chi connectivity index (χ1v) is 4.66. The van der Waals surface area contributed by atoms with Crippen LogP contribution in [-0.2, 0) is 4.79 Å². The van der Waals surface area contributed by atoms with Gasteiger partial charge in [0, 0.05) is 5.57 Å². The molecule has 1 heterocycles. The van der Waals surface area contributed by atoms with E-state index in [2.05, 4.69) is 0 Å². The third-order valence-electron chi connectivity index (χ3n) is 2.08. The average Bonchev–Trinajstić information content (AvgIpc) is 2.80. The molecule has 2 nitrogen and oxygen atoms in total. The first kappa shape index (κ1) is 9.46. The van der Waals surface area contributed by atoms with E-state index in [1.807, 2.05) is 36.4 Å². The second-order valence-corrected chi connectivity index (χ2v) is 3.10. The summed E-state index contributed by atoms with van der Waals surface area (Å²) in [7, 11) is 0. The Morgan fingerprint density at radius 3 is 2.47 bits per heavy atom. The monoisotopic (exact) mass is 198 g/mol. The Hall–Kier alpha value is -2.09. The quantitative estimate of drug-likeness (QED) is 0.560. The molecule has 0 amide bonds. The summed E-state index contributed by atoms with van der Waals surface area (Å²) in [6, 6.07) is 13.1. The van der Waals surface area contributed by atoms with Crippen LogP contribution in [-0.4, -0.2) is 6.29 Å². The van der Waals surface area contributed by atoms with Crippen molar-refractivity contribution in [2.75, 3.05) is 0 Å². The van der Waals surface area contributed by atoms with Crippen LogP contribution in [0.1, 0.15) is 11.3 Å². The summed E-state index contributed by atoms with van der Waals surface area (Å²) < 4.78 is 5.15. The van der Waals surface area contributed by atoms with Gasteiger partial charge in [-0.1, -0.05) is 30.3 Å². The summed E-state index contributed by atoms with van der Waals surface area (Å²) in [6.45, 7) is 0. The van der Waals surface area contributed by atoms with E-state index in [9.17, 15) is 4.79 Å². The van der Waals surface area contributed by atoms with Gasteiger partial charge in [-0.2, -0.15) is 0 Å². The first-order chi connectivity index (χ1) is 7.40. The van der Waals surface area contributed by atoms with Gasteiger partial charge in [-0.15, -0.1) is 0 Å². The van der Waals surface area contributed by atoms with E-state index < -0.39 is 0 Å². The number of aldehydes is 1. The smallest absolute Gasteiger partial charge is 0.150 e. The Morgan fingerprint density at radius 2 is 1.87 bits per heavy atom. The number of allylic oxidation sites excluding steroid dienone is 1. The number of rotatable bonds is 3. The number of hydrogen-bond donors (Lipinski definition) is 0. The highest BCUT2D eigenvalue weighted by molar-refractivity contribution is 6.13. The van der Waals surface area contributed by atoms with Crippen molar-refractivity contribution in [2.24, 2.45) is 0 Å². The van der Waals surface area contributed by atoms with Gasteiger partial charge >= 0.3 is 0 Å². The van der Waals surface area contributed by atoms with Crippen molar-refractivity contribution in [2.45, 2.75) is 0 Å². The molecule has 0 saturated heterocycles. The molecule has 0 atom stereocenters. The van der Waals surface area contributed by atoms with Crippen molar-refractivity contribution in [3.63, 3.8) is 0 Å². The SMILES string of the molecule is O=CC(=Cc1ccco1)c1ccccc1. The molecule has 0 unspecified atom stereocenters. The molecule has 15 heavy (non-hydrogen) atoms. The zero-order chi connectivity index (χ0) is 10.5. The standard InChI is InChI=1S/C13H10O2/c14-10-12(9-13-7-4-8-15-13)11-5-2-1-3-6-11/h1-10H. The van der Waals surface area contributed by atoms with Crippen LogP contribution in [0.2, 0.25) is 0 Å². The summed E-state index contributed by atoms with van der Waals surface area (Å²) in [6.07, 6.45) is 4.14. The highest BCUT2D eigenvalue weighted by Crippen LogP contribution is 2.15. The number of benzene rings is 1. The normalized spacial score (nSPS) is 11.3. The van der Waals surface area contributed by atoms with Crippen molar-refractivity contribution in [3.05, 3.63) is 60.1 Å². The lowest BCUT2D eigenvalue weighted by molar-refractivity contribution is -0.103. The van der Waals surface area contributed by atoms with Gasteiger partial charge < -0.3 is 4.42 Å². The third-order valence-corrected chi connectivity index (χ3v) is 2.08. The molecule has 2 rings (SSSR count). The van der Waals surface area contributed by atoms with Crippen molar-refractivity contribution in [1.82, 2.24) is 0 Å². The lowest BCUT2D eigenvalue weighted by atomic mass is 10.1. The lowest BCUT2D eigenvalue weighted by Gasteiger charge is -1.97. The Balaban J connectivity index is 2.37. The summed E-state index contributed by atoms with van der Waals surface area (Å²) in [4.78, 5) is 10.9. The topological polar surface area (TPSA) is 30.2 Å². The molecule has 0 aliphatic carbocycles. The number of hydrogen-bond acceptors (Lipinski definition) is 2. The zero-order valence-corrected chi connectivity index (χ0v) is 8.09. The van der Waals surface area contributed by atoms with Crippen LogP contribution in [0.3, 0.4) is 0 Å². The van der Waals surface area contributed by atoms with Crippen LogP contribution in [0.4, 0.5) is 0 Å². The highest BCUT2D eigenvalue weighted by Gasteiger charge is 2.00. The predicted molar refractivity (Wildman–Crippen MR) is 59.1 cm³/mol. The zero-order valence-electron chi connectivity index (χ0n) is 8.09. The van der Waals surface area contributed by atoms with Gasteiger partial charge in [0.15, 0.2) is 6.29 Å². The van der Waals surface area contributed by atoms with E-state index in [1.54, 1.807) is 18.4 Å². The molecular weight excluding hydrogens is 188 g/mol. The van der Waals surface area contributed by atoms with E-state index in [4.69, 9.17) is 4.42 Å². The fourth-order valence-electron chi connectivity index (χ4n) is 1.34. The van der Waals surface area contributed by atoms with E-state index in [0.717, 1.165) is 11.8 Å².